The maximum Gasteiger partial charge on any atom is 0.221 e. The molecule has 88 valence electrons. The van der Waals surface area contributed by atoms with E-state index in [4.69, 9.17) is 5.11 Å². The van der Waals surface area contributed by atoms with E-state index in [1.807, 2.05) is 0 Å². The van der Waals surface area contributed by atoms with Gasteiger partial charge in [0.1, 0.15) is 0 Å². The Labute approximate surface area is 96.0 Å². The van der Waals surface area contributed by atoms with Gasteiger partial charge in [0.15, 0.2) is 0 Å². The number of aliphatic hydroxyl groups excluding tert-OH is 1. The van der Waals surface area contributed by atoms with Crippen molar-refractivity contribution < 1.29 is 9.90 Å². The molecule has 1 rings (SSSR count). The Kier molecular flexibility index (Phi) is 6.10. The minimum Gasteiger partial charge on any atom is -0.396 e. The lowest BCUT2D eigenvalue weighted by atomic mass is 10.1. The van der Waals surface area contributed by atoms with Crippen molar-refractivity contribution in [2.75, 3.05) is 18.1 Å². The van der Waals surface area contributed by atoms with Gasteiger partial charge in [0.2, 0.25) is 5.91 Å². The van der Waals surface area contributed by atoms with E-state index in [9.17, 15) is 4.79 Å². The van der Waals surface area contributed by atoms with E-state index in [1.54, 1.807) is 11.8 Å². The molecule has 1 atom stereocenters. The van der Waals surface area contributed by atoms with Crippen LogP contribution in [-0.2, 0) is 4.79 Å². The standard InChI is InChI=1S/C11H21NO2S/c1-2-15-8-6-11(14)12-10(5-7-13)9-3-4-9/h9-10,13H,2-8H2,1H3,(H,12,14). The third kappa shape index (κ3) is 5.42. The molecule has 0 heterocycles. The maximum absolute atomic E-state index is 11.5. The Morgan fingerprint density at radius 3 is 2.87 bits per heavy atom. The second kappa shape index (κ2) is 7.12. The highest BCUT2D eigenvalue weighted by atomic mass is 32.2. The van der Waals surface area contributed by atoms with Crippen LogP contribution in [0.2, 0.25) is 0 Å². The number of aliphatic hydroxyl groups is 1. The van der Waals surface area contributed by atoms with Gasteiger partial charge in [0, 0.05) is 24.8 Å². The monoisotopic (exact) mass is 231 g/mol. The highest BCUT2D eigenvalue weighted by Gasteiger charge is 2.31. The Morgan fingerprint density at radius 1 is 1.60 bits per heavy atom. The second-order valence-electron chi connectivity index (χ2n) is 3.97. The SMILES string of the molecule is CCSCCC(=O)NC(CCO)C1CC1. The molecule has 1 amide bonds. The highest BCUT2D eigenvalue weighted by Crippen LogP contribution is 2.33. The first-order chi connectivity index (χ1) is 7.27. The van der Waals surface area contributed by atoms with E-state index in [2.05, 4.69) is 12.2 Å². The summed E-state index contributed by atoms with van der Waals surface area (Å²) in [6.07, 6.45) is 3.72. The molecule has 1 unspecified atom stereocenters. The van der Waals surface area contributed by atoms with E-state index in [-0.39, 0.29) is 18.6 Å². The number of thioether (sulfide) groups is 1. The summed E-state index contributed by atoms with van der Waals surface area (Å²) in [5.41, 5.74) is 0. The third-order valence-electron chi connectivity index (χ3n) is 2.66. The Bertz CT molecular complexity index is 195. The molecular formula is C11H21NO2S. The lowest BCUT2D eigenvalue weighted by molar-refractivity contribution is -0.121. The Balaban J connectivity index is 2.15. The molecule has 0 aliphatic heterocycles. The van der Waals surface area contributed by atoms with E-state index in [1.165, 1.54) is 12.8 Å². The van der Waals surface area contributed by atoms with Crippen molar-refractivity contribution in [1.29, 1.82) is 0 Å². The average molecular weight is 231 g/mol. The van der Waals surface area contributed by atoms with Crippen LogP contribution in [0.15, 0.2) is 0 Å². The minimum atomic E-state index is 0.140. The number of carbonyl (C=O) groups is 1. The predicted molar refractivity (Wildman–Crippen MR) is 64.0 cm³/mol. The van der Waals surface area contributed by atoms with Gasteiger partial charge in [-0.1, -0.05) is 6.92 Å². The molecule has 0 aromatic rings. The van der Waals surface area contributed by atoms with Gasteiger partial charge in [-0.2, -0.15) is 11.8 Å². The van der Waals surface area contributed by atoms with E-state index in [0.29, 0.717) is 18.8 Å². The topological polar surface area (TPSA) is 49.3 Å². The first-order valence-corrected chi connectivity index (χ1v) is 6.91. The minimum absolute atomic E-state index is 0.140. The zero-order chi connectivity index (χ0) is 11.1. The van der Waals surface area contributed by atoms with Crippen molar-refractivity contribution in [3.05, 3.63) is 0 Å². The van der Waals surface area contributed by atoms with Crippen molar-refractivity contribution in [2.45, 2.75) is 38.6 Å². The fourth-order valence-corrected chi connectivity index (χ4v) is 2.27. The molecule has 1 aliphatic rings. The molecule has 1 fully saturated rings. The summed E-state index contributed by atoms with van der Waals surface area (Å²) < 4.78 is 0. The van der Waals surface area contributed by atoms with Gasteiger partial charge in [-0.25, -0.2) is 0 Å². The van der Waals surface area contributed by atoms with Crippen LogP contribution in [0, 0.1) is 5.92 Å². The van der Waals surface area contributed by atoms with Crippen molar-refractivity contribution in [1.82, 2.24) is 5.32 Å². The molecule has 0 aromatic carbocycles. The first kappa shape index (κ1) is 12.8. The summed E-state index contributed by atoms with van der Waals surface area (Å²) in [5, 5.41) is 11.9. The molecule has 2 N–H and O–H groups in total. The maximum atomic E-state index is 11.5. The highest BCUT2D eigenvalue weighted by molar-refractivity contribution is 7.99. The smallest absolute Gasteiger partial charge is 0.221 e. The van der Waals surface area contributed by atoms with Crippen LogP contribution in [0.1, 0.15) is 32.6 Å². The van der Waals surface area contributed by atoms with E-state index >= 15 is 0 Å². The van der Waals surface area contributed by atoms with Crippen LogP contribution in [0.25, 0.3) is 0 Å². The van der Waals surface area contributed by atoms with Gasteiger partial charge in [-0.15, -0.1) is 0 Å². The van der Waals surface area contributed by atoms with Crippen molar-refractivity contribution >= 4 is 17.7 Å². The van der Waals surface area contributed by atoms with Crippen LogP contribution in [0.3, 0.4) is 0 Å². The van der Waals surface area contributed by atoms with Gasteiger partial charge in [0.05, 0.1) is 0 Å². The predicted octanol–water partition coefficient (Wildman–Crippen LogP) is 1.41. The Morgan fingerprint density at radius 2 is 2.33 bits per heavy atom. The number of nitrogens with one attached hydrogen (secondary N) is 1. The first-order valence-electron chi connectivity index (χ1n) is 5.76. The molecule has 15 heavy (non-hydrogen) atoms. The second-order valence-corrected chi connectivity index (χ2v) is 5.36. The normalized spacial score (nSPS) is 17.5. The summed E-state index contributed by atoms with van der Waals surface area (Å²) in [4.78, 5) is 11.5. The zero-order valence-electron chi connectivity index (χ0n) is 9.37. The molecule has 0 bridgehead atoms. The molecule has 0 aromatic heterocycles. The molecule has 1 aliphatic carbocycles. The average Bonchev–Trinajstić information content (AvgIpc) is 3.01. The van der Waals surface area contributed by atoms with Crippen molar-refractivity contribution in [2.24, 2.45) is 5.92 Å². The van der Waals surface area contributed by atoms with Gasteiger partial charge < -0.3 is 10.4 Å². The number of hydrogen-bond acceptors (Lipinski definition) is 3. The van der Waals surface area contributed by atoms with E-state index < -0.39 is 0 Å². The summed E-state index contributed by atoms with van der Waals surface area (Å²) in [6, 6.07) is 0.217. The number of rotatable bonds is 8. The van der Waals surface area contributed by atoms with E-state index in [0.717, 1.165) is 11.5 Å². The van der Waals surface area contributed by atoms with Crippen LogP contribution < -0.4 is 5.32 Å². The fourth-order valence-electron chi connectivity index (χ4n) is 1.65. The summed E-state index contributed by atoms with van der Waals surface area (Å²) in [6.45, 7) is 2.27. The van der Waals surface area contributed by atoms with Crippen LogP contribution in [0.4, 0.5) is 0 Å². The van der Waals surface area contributed by atoms with Gasteiger partial charge in [0.25, 0.3) is 0 Å². The summed E-state index contributed by atoms with van der Waals surface area (Å²) in [7, 11) is 0. The molecule has 1 saturated carbocycles. The fraction of sp³-hybridized carbons (Fsp3) is 0.909. The molecule has 3 nitrogen and oxygen atoms in total. The van der Waals surface area contributed by atoms with Crippen LogP contribution in [0.5, 0.6) is 0 Å². The van der Waals surface area contributed by atoms with Crippen LogP contribution in [-0.4, -0.2) is 35.2 Å². The molecule has 4 heteroatoms. The largest absolute Gasteiger partial charge is 0.396 e. The lowest BCUT2D eigenvalue weighted by Gasteiger charge is -2.16. The molecule has 0 saturated heterocycles. The lowest BCUT2D eigenvalue weighted by Crippen LogP contribution is -2.37. The van der Waals surface area contributed by atoms with Crippen LogP contribution >= 0.6 is 11.8 Å². The quantitative estimate of drug-likeness (QED) is 0.621. The molecular weight excluding hydrogens is 210 g/mol. The summed E-state index contributed by atoms with van der Waals surface area (Å²) >= 11 is 1.79. The molecule has 0 radical (unpaired) electrons. The van der Waals surface area contributed by atoms with Gasteiger partial charge in [-0.3, -0.25) is 4.79 Å². The zero-order valence-corrected chi connectivity index (χ0v) is 10.2. The molecule has 0 spiro atoms. The number of amides is 1. The van der Waals surface area contributed by atoms with Gasteiger partial charge in [-0.05, 0) is 30.9 Å². The third-order valence-corrected chi connectivity index (χ3v) is 3.56. The number of carbonyl (C=O) groups excluding carboxylic acids is 1. The van der Waals surface area contributed by atoms with Crippen molar-refractivity contribution in [3.63, 3.8) is 0 Å². The van der Waals surface area contributed by atoms with Crippen molar-refractivity contribution in [3.8, 4) is 0 Å². The van der Waals surface area contributed by atoms with Gasteiger partial charge >= 0.3 is 0 Å². The Hall–Kier alpha value is -0.220. The summed E-state index contributed by atoms with van der Waals surface area (Å²) in [5.74, 6) is 2.73. The number of hydrogen-bond donors (Lipinski definition) is 2.